The number of rotatable bonds is 2. The fraction of sp³-hybridized carbons (Fsp3) is 0.889. The summed E-state index contributed by atoms with van der Waals surface area (Å²) in [5.74, 6) is 0.0432. The number of carbonyl (C=O) groups excluding carboxylic acids is 2. The first-order valence-corrected chi connectivity index (χ1v) is 9.50. The van der Waals surface area contributed by atoms with Crippen molar-refractivity contribution in [1.29, 1.82) is 0 Å². The standard InChI is InChI=1S/C18H30N2O6/c1-23-17-9-15(21)19-7-4-6-14(19)12-26-18(24-2)10-16(22)20-8-3-5-13(20)11-25-17/h13-14,17-18H,3-12H2,1-2H3/t13-,14-,17+,18+/m0/s1. The second-order valence-electron chi connectivity index (χ2n) is 7.17. The first-order chi connectivity index (χ1) is 12.6. The van der Waals surface area contributed by atoms with E-state index >= 15 is 0 Å². The van der Waals surface area contributed by atoms with Gasteiger partial charge >= 0.3 is 0 Å². The van der Waals surface area contributed by atoms with Gasteiger partial charge in [-0.3, -0.25) is 9.59 Å². The summed E-state index contributed by atoms with van der Waals surface area (Å²) in [5.41, 5.74) is 0. The summed E-state index contributed by atoms with van der Waals surface area (Å²) in [6, 6.07) is 0.0190. The fourth-order valence-electron chi connectivity index (χ4n) is 4.05. The number of ether oxygens (including phenoxy) is 4. The van der Waals surface area contributed by atoms with E-state index in [4.69, 9.17) is 18.9 Å². The summed E-state index contributed by atoms with van der Waals surface area (Å²) in [4.78, 5) is 29.1. The molecule has 8 nitrogen and oxygen atoms in total. The lowest BCUT2D eigenvalue weighted by molar-refractivity contribution is -0.173. The molecule has 0 aliphatic carbocycles. The van der Waals surface area contributed by atoms with Crippen molar-refractivity contribution >= 4 is 11.8 Å². The van der Waals surface area contributed by atoms with E-state index in [1.165, 1.54) is 0 Å². The monoisotopic (exact) mass is 370 g/mol. The summed E-state index contributed by atoms with van der Waals surface area (Å²) >= 11 is 0. The van der Waals surface area contributed by atoms with Crippen LogP contribution in [0.2, 0.25) is 0 Å². The summed E-state index contributed by atoms with van der Waals surface area (Å²) in [5, 5.41) is 0. The zero-order chi connectivity index (χ0) is 18.5. The minimum atomic E-state index is -0.586. The third-order valence-corrected chi connectivity index (χ3v) is 5.55. The number of amides is 2. The van der Waals surface area contributed by atoms with E-state index in [2.05, 4.69) is 0 Å². The summed E-state index contributed by atoms with van der Waals surface area (Å²) in [7, 11) is 3.10. The number of hydrogen-bond donors (Lipinski definition) is 0. The molecule has 2 amide bonds. The van der Waals surface area contributed by atoms with E-state index < -0.39 is 12.6 Å². The maximum atomic E-state index is 12.7. The molecule has 0 aromatic heterocycles. The first kappa shape index (κ1) is 19.5. The predicted octanol–water partition coefficient (Wildman–Crippen LogP) is 0.740. The van der Waals surface area contributed by atoms with Gasteiger partial charge in [-0.2, -0.15) is 0 Å². The van der Waals surface area contributed by atoms with Gasteiger partial charge in [-0.25, -0.2) is 0 Å². The smallest absolute Gasteiger partial charge is 0.228 e. The Morgan fingerprint density at radius 3 is 1.62 bits per heavy atom. The van der Waals surface area contributed by atoms with E-state index in [0.29, 0.717) is 13.2 Å². The summed E-state index contributed by atoms with van der Waals surface area (Å²) in [6.07, 6.45) is 2.87. The maximum absolute atomic E-state index is 12.7. The second-order valence-corrected chi connectivity index (χ2v) is 7.17. The van der Waals surface area contributed by atoms with Gasteiger partial charge in [0.05, 0.1) is 38.1 Å². The van der Waals surface area contributed by atoms with E-state index in [9.17, 15) is 9.59 Å². The molecule has 0 aromatic carbocycles. The van der Waals surface area contributed by atoms with E-state index in [0.717, 1.165) is 38.8 Å². The van der Waals surface area contributed by atoms with Crippen LogP contribution in [0.15, 0.2) is 0 Å². The molecular weight excluding hydrogens is 340 g/mol. The molecule has 0 N–H and O–H groups in total. The molecule has 26 heavy (non-hydrogen) atoms. The SMILES string of the molecule is CO[C@H]1CC(=O)N2CCC[C@H]2CO[C@@H](OC)CC(=O)N2CCC[C@H]2CO1. The molecule has 0 spiro atoms. The highest BCUT2D eigenvalue weighted by Crippen LogP contribution is 2.24. The Kier molecular flexibility index (Phi) is 6.86. The molecule has 0 aromatic rings. The van der Waals surface area contributed by atoms with Crippen molar-refractivity contribution < 1.29 is 28.5 Å². The molecule has 0 radical (unpaired) electrons. The van der Waals surface area contributed by atoms with Crippen molar-refractivity contribution in [2.45, 2.75) is 63.2 Å². The minimum absolute atomic E-state index is 0.00948. The summed E-state index contributed by atoms with van der Waals surface area (Å²) < 4.78 is 22.4. The first-order valence-electron chi connectivity index (χ1n) is 9.50. The lowest BCUT2D eigenvalue weighted by atomic mass is 10.2. The molecule has 148 valence electrons. The Balaban J connectivity index is 1.74. The highest BCUT2D eigenvalue weighted by Gasteiger charge is 2.35. The Hall–Kier alpha value is -1.22. The van der Waals surface area contributed by atoms with Crippen LogP contribution in [-0.4, -0.2) is 86.8 Å². The molecule has 3 aliphatic heterocycles. The number of methoxy groups -OCH3 is 2. The van der Waals surface area contributed by atoms with Crippen LogP contribution in [0, 0.1) is 0 Å². The number of hydrogen-bond acceptors (Lipinski definition) is 6. The molecule has 0 bridgehead atoms. The lowest BCUT2D eigenvalue weighted by Gasteiger charge is -2.31. The molecule has 8 heteroatoms. The fourth-order valence-corrected chi connectivity index (χ4v) is 4.05. The largest absolute Gasteiger partial charge is 0.355 e. The van der Waals surface area contributed by atoms with Gasteiger partial charge < -0.3 is 28.7 Å². The average molecular weight is 370 g/mol. The highest BCUT2D eigenvalue weighted by molar-refractivity contribution is 5.77. The lowest BCUT2D eigenvalue weighted by Crippen LogP contribution is -2.44. The topological polar surface area (TPSA) is 77.5 Å². The van der Waals surface area contributed by atoms with Crippen molar-refractivity contribution in [2.24, 2.45) is 0 Å². The van der Waals surface area contributed by atoms with Crippen LogP contribution in [0.5, 0.6) is 0 Å². The predicted molar refractivity (Wildman–Crippen MR) is 92.2 cm³/mol. The van der Waals surface area contributed by atoms with E-state index in [1.807, 2.05) is 9.80 Å². The van der Waals surface area contributed by atoms with Crippen LogP contribution in [-0.2, 0) is 28.5 Å². The van der Waals surface area contributed by atoms with Gasteiger partial charge in [-0.05, 0) is 25.7 Å². The molecule has 3 fully saturated rings. The van der Waals surface area contributed by atoms with Gasteiger partial charge in [0, 0.05) is 27.3 Å². The van der Waals surface area contributed by atoms with Crippen LogP contribution >= 0.6 is 0 Å². The van der Waals surface area contributed by atoms with Crippen molar-refractivity contribution in [3.63, 3.8) is 0 Å². The van der Waals surface area contributed by atoms with Gasteiger partial charge in [0.2, 0.25) is 11.8 Å². The van der Waals surface area contributed by atoms with Gasteiger partial charge in [-0.15, -0.1) is 0 Å². The molecule has 3 aliphatic rings. The van der Waals surface area contributed by atoms with Crippen molar-refractivity contribution in [3.8, 4) is 0 Å². The zero-order valence-electron chi connectivity index (χ0n) is 15.7. The van der Waals surface area contributed by atoms with Crippen molar-refractivity contribution in [2.75, 3.05) is 40.5 Å². The van der Waals surface area contributed by atoms with Crippen molar-refractivity contribution in [3.05, 3.63) is 0 Å². The van der Waals surface area contributed by atoms with E-state index in [-0.39, 0.29) is 36.7 Å². The average Bonchev–Trinajstić information content (AvgIpc) is 3.30. The Bertz CT molecular complexity index is 458. The highest BCUT2D eigenvalue weighted by atomic mass is 16.7. The molecule has 3 heterocycles. The van der Waals surface area contributed by atoms with Crippen LogP contribution in [0.1, 0.15) is 38.5 Å². The minimum Gasteiger partial charge on any atom is -0.355 e. The molecule has 0 saturated carbocycles. The second kappa shape index (κ2) is 9.12. The van der Waals surface area contributed by atoms with Gasteiger partial charge in [0.15, 0.2) is 12.6 Å². The van der Waals surface area contributed by atoms with Gasteiger partial charge in [0.25, 0.3) is 0 Å². The third-order valence-electron chi connectivity index (χ3n) is 5.55. The molecule has 0 unspecified atom stereocenters. The molecule has 4 atom stereocenters. The normalized spacial score (nSPS) is 34.5. The quantitative estimate of drug-likeness (QED) is 0.714. The van der Waals surface area contributed by atoms with Crippen molar-refractivity contribution in [1.82, 2.24) is 9.80 Å². The van der Waals surface area contributed by atoms with Gasteiger partial charge in [0.1, 0.15) is 0 Å². The molecular formula is C18H30N2O6. The Morgan fingerprint density at radius 2 is 1.23 bits per heavy atom. The van der Waals surface area contributed by atoms with Gasteiger partial charge in [-0.1, -0.05) is 0 Å². The van der Waals surface area contributed by atoms with Crippen LogP contribution in [0.3, 0.4) is 0 Å². The number of carbonyl (C=O) groups is 2. The van der Waals surface area contributed by atoms with Crippen LogP contribution in [0.25, 0.3) is 0 Å². The summed E-state index contributed by atoms with van der Waals surface area (Å²) in [6.45, 7) is 2.19. The molecule has 3 saturated heterocycles. The zero-order valence-corrected chi connectivity index (χ0v) is 15.7. The number of nitrogens with zero attached hydrogens (tertiary/aromatic N) is 2. The van der Waals surface area contributed by atoms with E-state index in [1.54, 1.807) is 14.2 Å². The molecule has 3 rings (SSSR count). The third kappa shape index (κ3) is 4.54. The Labute approximate surface area is 154 Å². The number of fused-ring (bicyclic) bond motifs is 2. The Morgan fingerprint density at radius 1 is 0.808 bits per heavy atom. The van der Waals surface area contributed by atoms with Crippen LogP contribution in [0.4, 0.5) is 0 Å². The maximum Gasteiger partial charge on any atom is 0.228 e. The van der Waals surface area contributed by atoms with Crippen LogP contribution < -0.4 is 0 Å².